The fraction of sp³-hybridized carbons (Fsp3) is 0.333. The second-order valence-corrected chi connectivity index (χ2v) is 5.19. The van der Waals surface area contributed by atoms with E-state index in [2.05, 4.69) is 5.10 Å². The van der Waals surface area contributed by atoms with Gasteiger partial charge >= 0.3 is 5.97 Å². The number of rotatable bonds is 4. The first-order valence-electron chi connectivity index (χ1n) is 6.97. The number of phenols is 1. The molecule has 0 spiro atoms. The van der Waals surface area contributed by atoms with Gasteiger partial charge in [0.15, 0.2) is 0 Å². The van der Waals surface area contributed by atoms with Crippen molar-refractivity contribution in [3.63, 3.8) is 0 Å². The van der Waals surface area contributed by atoms with Gasteiger partial charge in [0.2, 0.25) is 0 Å². The second-order valence-electron chi connectivity index (χ2n) is 5.19. The number of aromatic nitrogens is 2. The highest BCUT2D eigenvalue weighted by Crippen LogP contribution is 2.36. The third kappa shape index (κ3) is 3.44. The quantitative estimate of drug-likeness (QED) is 0.776. The van der Waals surface area contributed by atoms with Crippen molar-refractivity contribution < 1.29 is 15.0 Å². The van der Waals surface area contributed by atoms with Gasteiger partial charge in [-0.25, -0.2) is 4.79 Å². The highest BCUT2D eigenvalue weighted by Gasteiger charge is 2.28. The van der Waals surface area contributed by atoms with Crippen LogP contribution in [0.2, 0.25) is 0 Å². The number of phenolic OH excluding ortho intramolecular Hbond substituents is 1. The molecule has 0 fully saturated rings. The molecule has 0 aliphatic heterocycles. The molecule has 126 valence electrons. The molecule has 0 amide bonds. The zero-order valence-corrected chi connectivity index (χ0v) is 14.0. The molecule has 0 saturated carbocycles. The van der Waals surface area contributed by atoms with E-state index in [4.69, 9.17) is 5.73 Å². The van der Waals surface area contributed by atoms with Crippen molar-refractivity contribution in [1.82, 2.24) is 9.78 Å². The Bertz CT molecular complexity index is 716. The second kappa shape index (κ2) is 7.68. The maximum Gasteiger partial charge on any atom is 0.354 e. The highest BCUT2D eigenvalue weighted by molar-refractivity contribution is 5.91. The Balaban J connectivity index is 0.00000132. The van der Waals surface area contributed by atoms with Crippen LogP contribution in [0, 0.1) is 0 Å². The van der Waals surface area contributed by atoms with Gasteiger partial charge in [-0.05, 0) is 49.6 Å². The third-order valence-electron chi connectivity index (χ3n) is 3.82. The average Bonchev–Trinajstić information content (AvgIpc) is 2.83. The molecule has 1 aromatic heterocycles. The van der Waals surface area contributed by atoms with Gasteiger partial charge in [0.05, 0.1) is 5.69 Å². The minimum atomic E-state index is -0.956. The SMILES string of the molecule is Cl.Cl.NCCCn1nc2c(c1C(=O)O)CCc1cc(O)ccc1-2. The Kier molecular flexibility index (Phi) is 6.44. The molecule has 8 heteroatoms. The smallest absolute Gasteiger partial charge is 0.354 e. The van der Waals surface area contributed by atoms with Crippen molar-refractivity contribution in [3.8, 4) is 17.0 Å². The number of fused-ring (bicyclic) bond motifs is 3. The van der Waals surface area contributed by atoms with Crippen molar-refractivity contribution in [2.24, 2.45) is 5.73 Å². The number of aryl methyl sites for hydroxylation is 2. The molecule has 23 heavy (non-hydrogen) atoms. The van der Waals surface area contributed by atoms with Gasteiger partial charge in [-0.1, -0.05) is 0 Å². The number of hydrogen-bond acceptors (Lipinski definition) is 4. The fourth-order valence-electron chi connectivity index (χ4n) is 2.87. The first-order chi connectivity index (χ1) is 10.1. The monoisotopic (exact) mass is 359 g/mol. The van der Waals surface area contributed by atoms with Gasteiger partial charge in [0, 0.05) is 17.7 Å². The Hall–Kier alpha value is -1.76. The zero-order chi connectivity index (χ0) is 15.0. The Labute approximate surface area is 146 Å². The number of aromatic hydroxyl groups is 1. The molecule has 3 rings (SSSR count). The molecule has 0 saturated heterocycles. The molecule has 1 aromatic carbocycles. The summed E-state index contributed by atoms with van der Waals surface area (Å²) in [5, 5.41) is 23.5. The number of carbonyl (C=O) groups is 1. The summed E-state index contributed by atoms with van der Waals surface area (Å²) in [7, 11) is 0. The third-order valence-corrected chi connectivity index (χ3v) is 3.82. The first kappa shape index (κ1) is 19.3. The molecule has 4 N–H and O–H groups in total. The number of nitrogens with zero attached hydrogens (tertiary/aromatic N) is 2. The predicted octanol–water partition coefficient (Wildman–Crippen LogP) is 2.24. The topological polar surface area (TPSA) is 101 Å². The molecule has 0 bridgehead atoms. The van der Waals surface area contributed by atoms with Crippen molar-refractivity contribution in [3.05, 3.63) is 35.0 Å². The lowest BCUT2D eigenvalue weighted by molar-refractivity contribution is 0.0681. The molecule has 0 atom stereocenters. The number of halogens is 2. The van der Waals surface area contributed by atoms with Crippen LogP contribution in [0.5, 0.6) is 5.75 Å². The largest absolute Gasteiger partial charge is 0.508 e. The zero-order valence-electron chi connectivity index (χ0n) is 12.4. The van der Waals surface area contributed by atoms with Gasteiger partial charge in [-0.3, -0.25) is 4.68 Å². The molecule has 6 nitrogen and oxygen atoms in total. The summed E-state index contributed by atoms with van der Waals surface area (Å²) in [4.78, 5) is 11.6. The Morgan fingerprint density at radius 1 is 1.30 bits per heavy atom. The summed E-state index contributed by atoms with van der Waals surface area (Å²) < 4.78 is 1.54. The van der Waals surface area contributed by atoms with Crippen LogP contribution in [0.1, 0.15) is 28.0 Å². The fourth-order valence-corrected chi connectivity index (χ4v) is 2.87. The predicted molar refractivity (Wildman–Crippen MR) is 91.9 cm³/mol. The molecule has 1 heterocycles. The lowest BCUT2D eigenvalue weighted by Gasteiger charge is -2.15. The normalized spacial score (nSPS) is 11.7. The lowest BCUT2D eigenvalue weighted by atomic mass is 9.89. The molecular weight excluding hydrogens is 341 g/mol. The Morgan fingerprint density at radius 2 is 2.04 bits per heavy atom. The summed E-state index contributed by atoms with van der Waals surface area (Å²) in [6.45, 7) is 0.993. The van der Waals surface area contributed by atoms with E-state index < -0.39 is 5.97 Å². The van der Waals surface area contributed by atoms with E-state index in [1.165, 1.54) is 0 Å². The molecule has 1 aliphatic carbocycles. The van der Waals surface area contributed by atoms with Crippen LogP contribution < -0.4 is 5.73 Å². The average molecular weight is 360 g/mol. The van der Waals surface area contributed by atoms with Crippen LogP contribution in [0.15, 0.2) is 18.2 Å². The summed E-state index contributed by atoms with van der Waals surface area (Å²) >= 11 is 0. The van der Waals surface area contributed by atoms with Crippen LogP contribution in [-0.4, -0.2) is 32.5 Å². The maximum absolute atomic E-state index is 11.6. The molecule has 2 aromatic rings. The lowest BCUT2D eigenvalue weighted by Crippen LogP contribution is -2.14. The summed E-state index contributed by atoms with van der Waals surface area (Å²) in [5.74, 6) is -0.735. The van der Waals surface area contributed by atoms with E-state index in [9.17, 15) is 15.0 Å². The molecule has 0 unspecified atom stereocenters. The number of carboxylic acids is 1. The van der Waals surface area contributed by atoms with Crippen LogP contribution in [0.3, 0.4) is 0 Å². The van der Waals surface area contributed by atoms with Gasteiger partial charge in [0.25, 0.3) is 0 Å². The maximum atomic E-state index is 11.6. The van der Waals surface area contributed by atoms with Crippen molar-refractivity contribution in [1.29, 1.82) is 0 Å². The minimum Gasteiger partial charge on any atom is -0.508 e. The van der Waals surface area contributed by atoms with Crippen molar-refractivity contribution in [2.45, 2.75) is 25.8 Å². The minimum absolute atomic E-state index is 0. The number of carboxylic acid groups (broad SMARTS) is 1. The standard InChI is InChI=1S/C15H17N3O3.2ClH/c16-6-1-7-18-14(15(20)21)12-4-2-9-8-10(19)3-5-11(9)13(12)17-18;;/h3,5,8,19H,1-2,4,6-7,16H2,(H,20,21);2*1H. The molecule has 1 aliphatic rings. The highest BCUT2D eigenvalue weighted by atomic mass is 35.5. The number of nitrogens with two attached hydrogens (primary N) is 1. The van der Waals surface area contributed by atoms with E-state index in [-0.39, 0.29) is 36.3 Å². The van der Waals surface area contributed by atoms with E-state index in [1.54, 1.807) is 22.9 Å². The summed E-state index contributed by atoms with van der Waals surface area (Å²) in [6, 6.07) is 5.12. The summed E-state index contributed by atoms with van der Waals surface area (Å²) in [6.07, 6.45) is 2.01. The Morgan fingerprint density at radius 3 is 2.70 bits per heavy atom. The van der Waals surface area contributed by atoms with E-state index in [1.807, 2.05) is 0 Å². The van der Waals surface area contributed by atoms with Gasteiger partial charge in [0.1, 0.15) is 11.4 Å². The van der Waals surface area contributed by atoms with Gasteiger partial charge in [-0.2, -0.15) is 5.10 Å². The van der Waals surface area contributed by atoms with E-state index in [0.29, 0.717) is 38.0 Å². The molecular formula is C15H19Cl2N3O3. The number of aromatic carboxylic acids is 1. The van der Waals surface area contributed by atoms with E-state index in [0.717, 1.165) is 16.7 Å². The van der Waals surface area contributed by atoms with Crippen molar-refractivity contribution >= 4 is 30.8 Å². The van der Waals surface area contributed by atoms with E-state index >= 15 is 0 Å². The van der Waals surface area contributed by atoms with Gasteiger partial charge < -0.3 is 15.9 Å². The van der Waals surface area contributed by atoms with Crippen LogP contribution in [-0.2, 0) is 19.4 Å². The van der Waals surface area contributed by atoms with Crippen LogP contribution in [0.25, 0.3) is 11.3 Å². The number of hydrogen-bond donors (Lipinski definition) is 3. The summed E-state index contributed by atoms with van der Waals surface area (Å²) in [5.41, 5.74) is 9.16. The van der Waals surface area contributed by atoms with Crippen LogP contribution in [0.4, 0.5) is 0 Å². The van der Waals surface area contributed by atoms with Crippen LogP contribution >= 0.6 is 24.8 Å². The number of benzene rings is 1. The van der Waals surface area contributed by atoms with Gasteiger partial charge in [-0.15, -0.1) is 24.8 Å². The first-order valence-corrected chi connectivity index (χ1v) is 6.97. The van der Waals surface area contributed by atoms with Crippen molar-refractivity contribution in [2.75, 3.05) is 6.54 Å². The molecule has 0 radical (unpaired) electrons.